The number of benzene rings is 1. The summed E-state index contributed by atoms with van der Waals surface area (Å²) in [6.07, 6.45) is 0.756. The van der Waals surface area contributed by atoms with Crippen LogP contribution in [0.5, 0.6) is 0 Å². The summed E-state index contributed by atoms with van der Waals surface area (Å²) in [5, 5.41) is 12.8. The summed E-state index contributed by atoms with van der Waals surface area (Å²) in [4.78, 5) is 6.45. The highest BCUT2D eigenvalue weighted by molar-refractivity contribution is 5.60. The van der Waals surface area contributed by atoms with Crippen LogP contribution in [0.25, 0.3) is 11.5 Å². The molecular weight excluding hydrogens is 240 g/mol. The zero-order chi connectivity index (χ0) is 13.8. The number of hydrogen-bond acceptors (Lipinski definition) is 5. The number of rotatable bonds is 4. The Bertz CT molecular complexity index is 610. The van der Waals surface area contributed by atoms with Gasteiger partial charge >= 0.3 is 0 Å². The van der Waals surface area contributed by atoms with Gasteiger partial charge in [-0.25, -0.2) is 0 Å². The smallest absolute Gasteiger partial charge is 0.258 e. The van der Waals surface area contributed by atoms with E-state index in [0.717, 1.165) is 24.1 Å². The lowest BCUT2D eigenvalue weighted by molar-refractivity contribution is 0.392. The van der Waals surface area contributed by atoms with Crippen molar-refractivity contribution < 1.29 is 4.52 Å². The number of aryl methyl sites for hydroxylation is 1. The first kappa shape index (κ1) is 13.2. The van der Waals surface area contributed by atoms with Crippen LogP contribution < -0.4 is 0 Å². The van der Waals surface area contributed by atoms with Gasteiger partial charge in [0.1, 0.15) is 0 Å². The fourth-order valence-electron chi connectivity index (χ4n) is 1.76. The van der Waals surface area contributed by atoms with Crippen molar-refractivity contribution >= 4 is 0 Å². The number of nitriles is 1. The molecule has 0 bridgehead atoms. The van der Waals surface area contributed by atoms with Gasteiger partial charge in [-0.1, -0.05) is 5.16 Å². The molecule has 0 radical (unpaired) electrons. The van der Waals surface area contributed by atoms with Gasteiger partial charge in [0.15, 0.2) is 5.82 Å². The van der Waals surface area contributed by atoms with Gasteiger partial charge in [0.2, 0.25) is 0 Å². The minimum atomic E-state index is 0.510. The summed E-state index contributed by atoms with van der Waals surface area (Å²) < 4.78 is 5.27. The second-order valence-corrected chi connectivity index (χ2v) is 4.71. The standard InChI is InChI=1S/C14H16N4O/c1-10-8-11(9-15)4-5-12(10)14-16-13(17-19-14)6-7-18(2)3/h4-5,8H,6-7H2,1-3H3. The Morgan fingerprint density at radius 1 is 1.37 bits per heavy atom. The second kappa shape index (κ2) is 5.63. The Hall–Kier alpha value is -2.19. The SMILES string of the molecule is Cc1cc(C#N)ccc1-c1nc(CCN(C)C)no1. The lowest BCUT2D eigenvalue weighted by Crippen LogP contribution is -2.15. The minimum Gasteiger partial charge on any atom is -0.334 e. The zero-order valence-electron chi connectivity index (χ0n) is 11.3. The molecule has 0 spiro atoms. The predicted octanol–water partition coefficient (Wildman–Crippen LogP) is 2.02. The summed E-state index contributed by atoms with van der Waals surface area (Å²) in [6, 6.07) is 7.53. The van der Waals surface area contributed by atoms with Crippen LogP contribution in [-0.2, 0) is 6.42 Å². The maximum absolute atomic E-state index is 8.84. The van der Waals surface area contributed by atoms with Gasteiger partial charge in [-0.2, -0.15) is 10.2 Å². The number of aromatic nitrogens is 2. The molecular formula is C14H16N4O. The molecule has 0 aliphatic heterocycles. The molecule has 5 heteroatoms. The van der Waals surface area contributed by atoms with Gasteiger partial charge in [-0.05, 0) is 44.8 Å². The number of likely N-dealkylation sites (N-methyl/N-ethyl adjacent to an activating group) is 1. The summed E-state index contributed by atoms with van der Waals surface area (Å²) in [7, 11) is 4.01. The van der Waals surface area contributed by atoms with Gasteiger partial charge in [0.25, 0.3) is 5.89 Å². The Morgan fingerprint density at radius 3 is 2.79 bits per heavy atom. The monoisotopic (exact) mass is 256 g/mol. The van der Waals surface area contributed by atoms with Gasteiger partial charge < -0.3 is 9.42 Å². The molecule has 2 aromatic rings. The zero-order valence-corrected chi connectivity index (χ0v) is 11.3. The summed E-state index contributed by atoms with van der Waals surface area (Å²) >= 11 is 0. The van der Waals surface area contributed by atoms with Crippen molar-refractivity contribution in [2.75, 3.05) is 20.6 Å². The van der Waals surface area contributed by atoms with Gasteiger partial charge in [-0.3, -0.25) is 0 Å². The van der Waals surface area contributed by atoms with E-state index in [1.54, 1.807) is 6.07 Å². The Kier molecular flexibility index (Phi) is 3.93. The quantitative estimate of drug-likeness (QED) is 0.837. The minimum absolute atomic E-state index is 0.510. The van der Waals surface area contributed by atoms with Crippen LogP contribution in [0.2, 0.25) is 0 Å². The molecule has 1 aromatic carbocycles. The molecule has 1 heterocycles. The fraction of sp³-hybridized carbons (Fsp3) is 0.357. The molecule has 98 valence electrons. The Labute approximate surface area is 112 Å². The van der Waals surface area contributed by atoms with E-state index in [0.29, 0.717) is 17.3 Å². The van der Waals surface area contributed by atoms with Crippen molar-refractivity contribution in [1.29, 1.82) is 5.26 Å². The highest BCUT2D eigenvalue weighted by Gasteiger charge is 2.11. The molecule has 0 aliphatic carbocycles. The molecule has 19 heavy (non-hydrogen) atoms. The molecule has 0 aliphatic rings. The maximum Gasteiger partial charge on any atom is 0.258 e. The van der Waals surface area contributed by atoms with Crippen molar-refractivity contribution in [1.82, 2.24) is 15.0 Å². The lowest BCUT2D eigenvalue weighted by Gasteiger charge is -2.05. The molecule has 2 rings (SSSR count). The van der Waals surface area contributed by atoms with Crippen molar-refractivity contribution in [2.24, 2.45) is 0 Å². The van der Waals surface area contributed by atoms with E-state index >= 15 is 0 Å². The summed E-state index contributed by atoms with van der Waals surface area (Å²) in [5.74, 6) is 1.21. The van der Waals surface area contributed by atoms with E-state index in [2.05, 4.69) is 21.1 Å². The van der Waals surface area contributed by atoms with Crippen molar-refractivity contribution in [3.63, 3.8) is 0 Å². The van der Waals surface area contributed by atoms with E-state index in [1.165, 1.54) is 0 Å². The molecule has 0 atom stereocenters. The average molecular weight is 256 g/mol. The van der Waals surface area contributed by atoms with Gasteiger partial charge in [0.05, 0.1) is 11.6 Å². The van der Waals surface area contributed by atoms with Crippen LogP contribution >= 0.6 is 0 Å². The van der Waals surface area contributed by atoms with Crippen LogP contribution in [0, 0.1) is 18.3 Å². The Balaban J connectivity index is 2.21. The van der Waals surface area contributed by atoms with Gasteiger partial charge in [-0.15, -0.1) is 0 Å². The first-order valence-corrected chi connectivity index (χ1v) is 6.08. The van der Waals surface area contributed by atoms with E-state index < -0.39 is 0 Å². The van der Waals surface area contributed by atoms with E-state index in [9.17, 15) is 0 Å². The first-order valence-electron chi connectivity index (χ1n) is 6.08. The molecule has 0 fully saturated rings. The third-order valence-corrected chi connectivity index (χ3v) is 2.84. The molecule has 0 N–H and O–H groups in total. The molecule has 1 aromatic heterocycles. The van der Waals surface area contributed by atoms with E-state index in [-0.39, 0.29) is 0 Å². The highest BCUT2D eigenvalue weighted by Crippen LogP contribution is 2.22. The predicted molar refractivity (Wildman–Crippen MR) is 71.4 cm³/mol. The maximum atomic E-state index is 8.84. The second-order valence-electron chi connectivity index (χ2n) is 4.71. The lowest BCUT2D eigenvalue weighted by atomic mass is 10.1. The van der Waals surface area contributed by atoms with Crippen molar-refractivity contribution in [3.05, 3.63) is 35.2 Å². The van der Waals surface area contributed by atoms with Crippen LogP contribution in [-0.4, -0.2) is 35.7 Å². The van der Waals surface area contributed by atoms with Crippen molar-refractivity contribution in [3.8, 4) is 17.5 Å². The van der Waals surface area contributed by atoms with Crippen molar-refractivity contribution in [2.45, 2.75) is 13.3 Å². The average Bonchev–Trinajstić information content (AvgIpc) is 2.84. The van der Waals surface area contributed by atoms with Crippen LogP contribution in [0.1, 0.15) is 17.0 Å². The topological polar surface area (TPSA) is 66.0 Å². The van der Waals surface area contributed by atoms with Crippen LogP contribution in [0.3, 0.4) is 0 Å². The van der Waals surface area contributed by atoms with Gasteiger partial charge in [0, 0.05) is 18.5 Å². The third-order valence-electron chi connectivity index (χ3n) is 2.84. The highest BCUT2D eigenvalue weighted by atomic mass is 16.5. The first-order chi connectivity index (χ1) is 9.10. The summed E-state index contributed by atoms with van der Waals surface area (Å²) in [6.45, 7) is 2.81. The molecule has 0 amide bonds. The Morgan fingerprint density at radius 2 is 2.16 bits per heavy atom. The number of nitrogens with zero attached hydrogens (tertiary/aromatic N) is 4. The van der Waals surface area contributed by atoms with E-state index in [4.69, 9.17) is 9.78 Å². The van der Waals surface area contributed by atoms with Crippen LogP contribution in [0.15, 0.2) is 22.7 Å². The summed E-state index contributed by atoms with van der Waals surface area (Å²) in [5.41, 5.74) is 2.47. The third kappa shape index (κ3) is 3.18. The van der Waals surface area contributed by atoms with Crippen LogP contribution in [0.4, 0.5) is 0 Å². The molecule has 0 saturated carbocycles. The largest absolute Gasteiger partial charge is 0.334 e. The fourth-order valence-corrected chi connectivity index (χ4v) is 1.76. The van der Waals surface area contributed by atoms with E-state index in [1.807, 2.05) is 33.2 Å². The normalized spacial score (nSPS) is 10.7. The number of hydrogen-bond donors (Lipinski definition) is 0. The molecule has 0 saturated heterocycles. The molecule has 5 nitrogen and oxygen atoms in total. The molecule has 0 unspecified atom stereocenters.